The van der Waals surface area contributed by atoms with Crippen LogP contribution in [0.3, 0.4) is 0 Å². The van der Waals surface area contributed by atoms with E-state index in [0.717, 1.165) is 13.0 Å². The molecule has 8 nitrogen and oxygen atoms in total. The van der Waals surface area contributed by atoms with E-state index in [-0.39, 0.29) is 18.1 Å². The number of nitrogens with zero attached hydrogens (tertiary/aromatic N) is 4. The first kappa shape index (κ1) is 32.7. The Morgan fingerprint density at radius 2 is 1.63 bits per heavy atom. The fraction of sp³-hybridized carbons (Fsp3) is 0.433. The topological polar surface area (TPSA) is 75.1 Å². The van der Waals surface area contributed by atoms with E-state index >= 15 is 0 Å². The molecule has 2 aromatic carbocycles. The molecule has 1 amide bonds. The van der Waals surface area contributed by atoms with Gasteiger partial charge in [0.2, 0.25) is 0 Å². The Balaban J connectivity index is 0.00000226. The molecule has 0 unspecified atom stereocenters. The fourth-order valence-corrected chi connectivity index (χ4v) is 5.31. The molecule has 2 heterocycles. The number of pyridine rings is 1. The predicted octanol–water partition coefficient (Wildman–Crippen LogP) is 6.08. The van der Waals surface area contributed by atoms with E-state index in [2.05, 4.69) is 0 Å². The number of halogens is 3. The van der Waals surface area contributed by atoms with Gasteiger partial charge in [0, 0.05) is 48.7 Å². The van der Waals surface area contributed by atoms with Crippen LogP contribution in [0.15, 0.2) is 41.2 Å². The smallest absolute Gasteiger partial charge is 0.345 e. The maximum atomic E-state index is 13.8. The minimum Gasteiger partial charge on any atom is -0.462 e. The maximum absolute atomic E-state index is 13.8. The number of carbonyl (C=O) groups excluding carboxylic acids is 2. The van der Waals surface area contributed by atoms with Gasteiger partial charge in [-0.15, -0.1) is 0 Å². The molecule has 0 spiro atoms. The van der Waals surface area contributed by atoms with Gasteiger partial charge in [-0.25, -0.2) is 4.79 Å². The third-order valence-corrected chi connectivity index (χ3v) is 7.69. The van der Waals surface area contributed by atoms with Crippen LogP contribution in [0.5, 0.6) is 0 Å². The van der Waals surface area contributed by atoms with Crippen molar-refractivity contribution in [3.05, 3.63) is 72.9 Å². The average molecular weight is 624 g/mol. The van der Waals surface area contributed by atoms with Crippen LogP contribution in [0.4, 0.5) is 5.69 Å². The number of carbonyl (C=O) groups is 2. The van der Waals surface area contributed by atoms with Gasteiger partial charge >= 0.3 is 5.97 Å². The maximum Gasteiger partial charge on any atom is 0.345 e. The molecule has 0 radical (unpaired) electrons. The second kappa shape index (κ2) is 14.9. The van der Waals surface area contributed by atoms with E-state index in [4.69, 9.17) is 39.5 Å². The zero-order valence-electron chi connectivity index (χ0n) is 24.2. The number of rotatable bonds is 8. The van der Waals surface area contributed by atoms with E-state index in [0.29, 0.717) is 69.9 Å². The van der Waals surface area contributed by atoms with Crippen LogP contribution in [-0.2, 0) is 11.3 Å². The molecule has 1 aliphatic heterocycles. The van der Waals surface area contributed by atoms with Gasteiger partial charge in [-0.1, -0.05) is 48.7 Å². The van der Waals surface area contributed by atoms with Crippen LogP contribution in [-0.4, -0.2) is 79.7 Å². The lowest BCUT2D eigenvalue weighted by Crippen LogP contribution is -2.49. The monoisotopic (exact) mass is 622 g/mol. The van der Waals surface area contributed by atoms with Crippen LogP contribution in [0, 0.1) is 0 Å². The van der Waals surface area contributed by atoms with Gasteiger partial charge in [-0.05, 0) is 70.4 Å². The molecule has 0 bridgehead atoms. The van der Waals surface area contributed by atoms with E-state index < -0.39 is 11.5 Å². The highest BCUT2D eigenvalue weighted by molar-refractivity contribution is 6.42. The standard InChI is InChI=1S/C28H31Cl3N4O4.C2H6/c1-4-39-28(38)24-25(20-17-19(29)7-9-23(20)35(27(24)37)11-5-10-32(2)3)33-12-14-34(15-13-33)26(36)18-6-8-21(30)22(31)16-18;1-2/h6-9,16-17H,4-5,10-15H2,1-3H3;1-2H3. The minimum absolute atomic E-state index is 0.0132. The molecule has 4 rings (SSSR count). The summed E-state index contributed by atoms with van der Waals surface area (Å²) in [5.41, 5.74) is 1.22. The minimum atomic E-state index is -0.671. The Kier molecular flexibility index (Phi) is 11.9. The van der Waals surface area contributed by atoms with Crippen LogP contribution >= 0.6 is 34.8 Å². The molecule has 0 saturated carbocycles. The van der Waals surface area contributed by atoms with Crippen molar-refractivity contribution in [1.82, 2.24) is 14.4 Å². The number of esters is 1. The first-order valence-corrected chi connectivity index (χ1v) is 14.9. The van der Waals surface area contributed by atoms with E-state index in [9.17, 15) is 14.4 Å². The summed E-state index contributed by atoms with van der Waals surface area (Å²) in [7, 11) is 3.94. The molecule has 1 saturated heterocycles. The number of aryl methyl sites for hydroxylation is 1. The average Bonchev–Trinajstić information content (AvgIpc) is 2.96. The van der Waals surface area contributed by atoms with E-state index in [1.807, 2.05) is 43.8 Å². The van der Waals surface area contributed by atoms with Crippen LogP contribution < -0.4 is 10.5 Å². The summed E-state index contributed by atoms with van der Waals surface area (Å²) < 4.78 is 6.98. The lowest BCUT2D eigenvalue weighted by molar-refractivity contribution is 0.0523. The predicted molar refractivity (Wildman–Crippen MR) is 168 cm³/mol. The number of hydrogen-bond donors (Lipinski definition) is 0. The Morgan fingerprint density at radius 1 is 0.951 bits per heavy atom. The Hall–Kier alpha value is -2.78. The van der Waals surface area contributed by atoms with Crippen molar-refractivity contribution >= 4 is 63.3 Å². The van der Waals surface area contributed by atoms with Crippen molar-refractivity contribution in [2.45, 2.75) is 33.7 Å². The lowest BCUT2D eigenvalue weighted by Gasteiger charge is -2.37. The van der Waals surface area contributed by atoms with Crippen molar-refractivity contribution in [3.8, 4) is 0 Å². The van der Waals surface area contributed by atoms with Crippen molar-refractivity contribution in [1.29, 1.82) is 0 Å². The number of benzene rings is 2. The van der Waals surface area contributed by atoms with Crippen LogP contribution in [0.2, 0.25) is 15.1 Å². The zero-order chi connectivity index (χ0) is 30.3. The second-order valence-corrected chi connectivity index (χ2v) is 10.9. The zero-order valence-corrected chi connectivity index (χ0v) is 26.4. The summed E-state index contributed by atoms with van der Waals surface area (Å²) in [4.78, 5) is 45.9. The van der Waals surface area contributed by atoms with Gasteiger partial charge in [0.1, 0.15) is 5.56 Å². The SMILES string of the molecule is CC.CCOC(=O)c1c(N2CCN(C(=O)c3ccc(Cl)c(Cl)c3)CC2)c2cc(Cl)ccc2n(CCCN(C)C)c1=O. The molecule has 41 heavy (non-hydrogen) atoms. The van der Waals surface area contributed by atoms with E-state index in [1.54, 1.807) is 46.7 Å². The molecule has 1 aromatic heterocycles. The number of ether oxygens (including phenoxy) is 1. The highest BCUT2D eigenvalue weighted by Crippen LogP contribution is 2.33. The van der Waals surface area contributed by atoms with Gasteiger partial charge in [0.15, 0.2) is 0 Å². The summed E-state index contributed by atoms with van der Waals surface area (Å²) in [6.07, 6.45) is 0.724. The third-order valence-electron chi connectivity index (χ3n) is 6.72. The highest BCUT2D eigenvalue weighted by Gasteiger charge is 2.30. The van der Waals surface area contributed by atoms with Crippen LogP contribution in [0.1, 0.15) is 47.9 Å². The van der Waals surface area contributed by atoms with Crippen molar-refractivity contribution < 1.29 is 14.3 Å². The van der Waals surface area contributed by atoms with Crippen molar-refractivity contribution in [2.75, 3.05) is 58.3 Å². The molecule has 0 aliphatic carbocycles. The van der Waals surface area contributed by atoms with E-state index in [1.165, 1.54) is 0 Å². The molecule has 0 atom stereocenters. The van der Waals surface area contributed by atoms with Gasteiger partial charge < -0.3 is 24.0 Å². The molecule has 11 heteroatoms. The number of aromatic nitrogens is 1. The number of piperazine rings is 1. The number of anilines is 1. The fourth-order valence-electron chi connectivity index (χ4n) is 4.84. The van der Waals surface area contributed by atoms with Crippen molar-refractivity contribution in [2.24, 2.45) is 0 Å². The lowest BCUT2D eigenvalue weighted by atomic mass is 10.1. The summed E-state index contributed by atoms with van der Waals surface area (Å²) in [5.74, 6) is -0.835. The van der Waals surface area contributed by atoms with Gasteiger partial charge in [0.25, 0.3) is 11.5 Å². The summed E-state index contributed by atoms with van der Waals surface area (Å²) in [6.45, 7) is 8.65. The molecule has 1 fully saturated rings. The first-order chi connectivity index (χ1) is 19.6. The van der Waals surface area contributed by atoms with Gasteiger partial charge in [-0.3, -0.25) is 9.59 Å². The molecule has 1 aliphatic rings. The number of fused-ring (bicyclic) bond motifs is 1. The Labute approximate surface area is 256 Å². The second-order valence-electron chi connectivity index (χ2n) is 9.63. The van der Waals surface area contributed by atoms with Gasteiger partial charge in [-0.2, -0.15) is 0 Å². The normalized spacial score (nSPS) is 13.3. The summed E-state index contributed by atoms with van der Waals surface area (Å²) in [5, 5.41) is 1.88. The third kappa shape index (κ3) is 7.55. The Morgan fingerprint density at radius 3 is 2.24 bits per heavy atom. The summed E-state index contributed by atoms with van der Waals surface area (Å²) >= 11 is 18.5. The molecular weight excluding hydrogens is 587 g/mol. The quantitative estimate of drug-likeness (QED) is 0.283. The molecule has 222 valence electrons. The molecular formula is C30H37Cl3N4O4. The highest BCUT2D eigenvalue weighted by atomic mass is 35.5. The summed E-state index contributed by atoms with van der Waals surface area (Å²) in [6, 6.07) is 10.1. The number of hydrogen-bond acceptors (Lipinski definition) is 6. The van der Waals surface area contributed by atoms with Gasteiger partial charge in [0.05, 0.1) is 27.9 Å². The Bertz CT molecular complexity index is 1450. The van der Waals surface area contributed by atoms with Crippen LogP contribution in [0.25, 0.3) is 10.9 Å². The molecule has 3 aromatic rings. The first-order valence-electron chi connectivity index (χ1n) is 13.8. The van der Waals surface area contributed by atoms with Crippen molar-refractivity contribution in [3.63, 3.8) is 0 Å². The largest absolute Gasteiger partial charge is 0.462 e. The number of amides is 1. The molecule has 0 N–H and O–H groups in total.